The van der Waals surface area contributed by atoms with Crippen LogP contribution in [0.4, 0.5) is 0 Å². The summed E-state index contributed by atoms with van der Waals surface area (Å²) >= 11 is 1.50. The van der Waals surface area contributed by atoms with Crippen LogP contribution in [-0.2, 0) is 4.74 Å². The average Bonchev–Trinajstić information content (AvgIpc) is 2.65. The summed E-state index contributed by atoms with van der Waals surface area (Å²) < 4.78 is 11.4. The van der Waals surface area contributed by atoms with Crippen LogP contribution in [0.25, 0.3) is 0 Å². The highest BCUT2D eigenvalue weighted by molar-refractivity contribution is 7.11. The van der Waals surface area contributed by atoms with Gasteiger partial charge in [-0.3, -0.25) is 0 Å². The lowest BCUT2D eigenvalue weighted by Gasteiger charge is -2.36. The van der Waals surface area contributed by atoms with Crippen LogP contribution >= 0.6 is 11.3 Å². The van der Waals surface area contributed by atoms with E-state index in [1.807, 2.05) is 5.38 Å². The second-order valence-electron chi connectivity index (χ2n) is 4.24. The molecular formula is C10H16N2O2S. The maximum Gasteiger partial charge on any atom is 0.273 e. The first-order valence-electron chi connectivity index (χ1n) is 5.06. The smallest absolute Gasteiger partial charge is 0.273 e. The Morgan fingerprint density at radius 1 is 1.73 bits per heavy atom. The minimum Gasteiger partial charge on any atom is -0.467 e. The molecule has 0 aliphatic carbocycles. The Labute approximate surface area is 93.6 Å². The molecule has 0 saturated carbocycles. The van der Waals surface area contributed by atoms with E-state index in [0.717, 1.165) is 13.1 Å². The number of ether oxygens (including phenoxy) is 2. The summed E-state index contributed by atoms with van der Waals surface area (Å²) in [6, 6.07) is 0. The van der Waals surface area contributed by atoms with E-state index in [-0.39, 0.29) is 11.7 Å². The molecule has 4 nitrogen and oxygen atoms in total. The number of thiazole rings is 1. The van der Waals surface area contributed by atoms with E-state index in [4.69, 9.17) is 9.47 Å². The quantitative estimate of drug-likeness (QED) is 0.846. The third kappa shape index (κ3) is 3.15. The van der Waals surface area contributed by atoms with Crippen LogP contribution in [0.5, 0.6) is 5.19 Å². The predicted molar refractivity (Wildman–Crippen MR) is 59.4 cm³/mol. The highest BCUT2D eigenvalue weighted by Gasteiger charge is 2.28. The van der Waals surface area contributed by atoms with Crippen molar-refractivity contribution in [2.75, 3.05) is 19.7 Å². The fraction of sp³-hybridized carbons (Fsp3) is 0.700. The van der Waals surface area contributed by atoms with Crippen LogP contribution in [0.1, 0.15) is 13.8 Å². The largest absolute Gasteiger partial charge is 0.467 e. The van der Waals surface area contributed by atoms with E-state index in [0.29, 0.717) is 11.8 Å². The minimum absolute atomic E-state index is 0.102. The molecule has 84 valence electrons. The zero-order valence-electron chi connectivity index (χ0n) is 9.03. The summed E-state index contributed by atoms with van der Waals surface area (Å²) in [4.78, 5) is 4.06. The maximum atomic E-state index is 5.86. The molecule has 15 heavy (non-hydrogen) atoms. The van der Waals surface area contributed by atoms with Crippen LogP contribution in [0.15, 0.2) is 11.6 Å². The Morgan fingerprint density at radius 2 is 2.60 bits per heavy atom. The fourth-order valence-corrected chi connectivity index (χ4v) is 2.10. The number of hydrogen-bond acceptors (Lipinski definition) is 5. The molecule has 1 atom stereocenters. The number of rotatable bonds is 3. The van der Waals surface area contributed by atoms with Crippen molar-refractivity contribution >= 4 is 11.3 Å². The van der Waals surface area contributed by atoms with Crippen LogP contribution in [0, 0.1) is 0 Å². The lowest BCUT2D eigenvalue weighted by atomic mass is 10.1. The number of nitrogens with zero attached hydrogens (tertiary/aromatic N) is 1. The zero-order valence-corrected chi connectivity index (χ0v) is 9.84. The van der Waals surface area contributed by atoms with Gasteiger partial charge in [-0.05, 0) is 13.8 Å². The van der Waals surface area contributed by atoms with E-state index in [2.05, 4.69) is 24.1 Å². The number of nitrogens with one attached hydrogen (secondary N) is 1. The van der Waals surface area contributed by atoms with Crippen LogP contribution in [0.3, 0.4) is 0 Å². The summed E-state index contributed by atoms with van der Waals surface area (Å²) in [6.45, 7) is 6.45. The summed E-state index contributed by atoms with van der Waals surface area (Å²) in [5.74, 6) is 0. The Kier molecular flexibility index (Phi) is 3.23. The molecule has 1 fully saturated rings. The highest BCUT2D eigenvalue weighted by atomic mass is 32.1. The topological polar surface area (TPSA) is 43.4 Å². The molecule has 2 rings (SSSR count). The Balaban J connectivity index is 1.80. The molecule has 0 bridgehead atoms. The van der Waals surface area contributed by atoms with E-state index < -0.39 is 0 Å². The fourth-order valence-electron chi connectivity index (χ4n) is 1.61. The lowest BCUT2D eigenvalue weighted by molar-refractivity contribution is -0.107. The van der Waals surface area contributed by atoms with Crippen LogP contribution in [-0.4, -0.2) is 36.4 Å². The molecule has 0 aromatic carbocycles. The van der Waals surface area contributed by atoms with Gasteiger partial charge in [0.15, 0.2) is 0 Å². The van der Waals surface area contributed by atoms with Gasteiger partial charge < -0.3 is 14.8 Å². The standard InChI is InChI=1S/C10H16N2O2S/c1-10(2)7-11-5-8(14-10)6-13-9-12-3-4-15-9/h3-4,8,11H,5-7H2,1-2H3. The van der Waals surface area contributed by atoms with Crippen molar-refractivity contribution in [2.24, 2.45) is 0 Å². The summed E-state index contributed by atoms with van der Waals surface area (Å²) in [6.07, 6.45) is 1.85. The second kappa shape index (κ2) is 4.47. The molecule has 1 unspecified atom stereocenters. The molecule has 1 aliphatic heterocycles. The molecular weight excluding hydrogens is 212 g/mol. The molecule has 0 radical (unpaired) electrons. The first-order chi connectivity index (χ1) is 7.16. The molecule has 1 aliphatic rings. The molecule has 0 spiro atoms. The Hall–Kier alpha value is -0.650. The van der Waals surface area contributed by atoms with E-state index in [1.54, 1.807) is 6.20 Å². The van der Waals surface area contributed by atoms with Gasteiger partial charge in [-0.25, -0.2) is 4.98 Å². The second-order valence-corrected chi connectivity index (χ2v) is 5.10. The molecule has 1 N–H and O–H groups in total. The van der Waals surface area contributed by atoms with Gasteiger partial charge >= 0.3 is 0 Å². The minimum atomic E-state index is -0.102. The Morgan fingerprint density at radius 3 is 3.27 bits per heavy atom. The molecule has 0 amide bonds. The molecule has 1 saturated heterocycles. The first kappa shape index (κ1) is 10.9. The zero-order chi connectivity index (χ0) is 10.7. The lowest BCUT2D eigenvalue weighted by Crippen LogP contribution is -2.52. The van der Waals surface area contributed by atoms with Crippen molar-refractivity contribution < 1.29 is 9.47 Å². The van der Waals surface area contributed by atoms with Crippen LogP contribution < -0.4 is 10.1 Å². The van der Waals surface area contributed by atoms with Gasteiger partial charge in [0.05, 0.1) is 5.60 Å². The SMILES string of the molecule is CC1(C)CNCC(COc2nccs2)O1. The van der Waals surface area contributed by atoms with E-state index in [9.17, 15) is 0 Å². The van der Waals surface area contributed by atoms with Crippen molar-refractivity contribution in [3.63, 3.8) is 0 Å². The molecule has 1 aromatic rings. The maximum absolute atomic E-state index is 5.86. The van der Waals surface area contributed by atoms with Crippen LogP contribution in [0.2, 0.25) is 0 Å². The van der Waals surface area contributed by atoms with Gasteiger partial charge in [-0.1, -0.05) is 11.3 Å². The van der Waals surface area contributed by atoms with E-state index >= 15 is 0 Å². The molecule has 5 heteroatoms. The summed E-state index contributed by atoms with van der Waals surface area (Å²) in [7, 11) is 0. The van der Waals surface area contributed by atoms with Gasteiger partial charge in [0, 0.05) is 24.7 Å². The van der Waals surface area contributed by atoms with Crippen molar-refractivity contribution in [3.8, 4) is 5.19 Å². The average molecular weight is 228 g/mol. The predicted octanol–water partition coefficient (Wildman–Crippen LogP) is 1.29. The van der Waals surface area contributed by atoms with E-state index in [1.165, 1.54) is 11.3 Å². The third-order valence-corrected chi connectivity index (χ3v) is 2.89. The van der Waals surface area contributed by atoms with Crippen molar-refractivity contribution in [1.82, 2.24) is 10.3 Å². The molecule has 2 heterocycles. The Bertz CT molecular complexity index is 300. The normalized spacial score (nSPS) is 25.1. The molecule has 1 aromatic heterocycles. The number of aromatic nitrogens is 1. The van der Waals surface area contributed by atoms with Crippen molar-refractivity contribution in [1.29, 1.82) is 0 Å². The highest BCUT2D eigenvalue weighted by Crippen LogP contribution is 2.18. The third-order valence-electron chi connectivity index (χ3n) is 2.21. The van der Waals surface area contributed by atoms with Gasteiger partial charge in [0.2, 0.25) is 0 Å². The van der Waals surface area contributed by atoms with Gasteiger partial charge in [0.25, 0.3) is 5.19 Å². The van der Waals surface area contributed by atoms with Gasteiger partial charge in [-0.2, -0.15) is 0 Å². The number of morpholine rings is 1. The summed E-state index contributed by atoms with van der Waals surface area (Å²) in [5.41, 5.74) is -0.102. The van der Waals surface area contributed by atoms with Gasteiger partial charge in [0.1, 0.15) is 12.7 Å². The number of hydrogen-bond donors (Lipinski definition) is 1. The van der Waals surface area contributed by atoms with Crippen molar-refractivity contribution in [2.45, 2.75) is 25.6 Å². The van der Waals surface area contributed by atoms with Crippen molar-refractivity contribution in [3.05, 3.63) is 11.6 Å². The first-order valence-corrected chi connectivity index (χ1v) is 5.94. The van der Waals surface area contributed by atoms with Gasteiger partial charge in [-0.15, -0.1) is 0 Å². The monoisotopic (exact) mass is 228 g/mol. The summed E-state index contributed by atoms with van der Waals surface area (Å²) in [5, 5.41) is 5.95.